The average Bonchev–Trinajstić information content (AvgIpc) is 1.81. The Hall–Kier alpha value is -0.330. The molecule has 0 saturated carbocycles. The van der Waals surface area contributed by atoms with Crippen LogP contribution in [-0.4, -0.2) is 29.7 Å². The van der Waals surface area contributed by atoms with Crippen molar-refractivity contribution in [3.8, 4) is 0 Å². The molecule has 0 fully saturated rings. The van der Waals surface area contributed by atoms with Gasteiger partial charge in [0.2, 0.25) is 0 Å². The van der Waals surface area contributed by atoms with Gasteiger partial charge in [-0.2, -0.15) is 13.2 Å². The third-order valence-corrected chi connectivity index (χ3v) is 1.25. The number of nitrogens with two attached hydrogens (primary N) is 1. The molecule has 0 aliphatic rings. The van der Waals surface area contributed by atoms with Crippen molar-refractivity contribution in [1.82, 2.24) is 0 Å². The van der Waals surface area contributed by atoms with Crippen LogP contribution in [0.1, 0.15) is 20.3 Å². The molecule has 0 saturated heterocycles. The Kier molecular flexibility index (Phi) is 4.66. The van der Waals surface area contributed by atoms with Gasteiger partial charge in [0.1, 0.15) is 0 Å². The van der Waals surface area contributed by atoms with Gasteiger partial charge in [-0.1, -0.05) is 0 Å². The molecule has 3 nitrogen and oxygen atoms in total. The summed E-state index contributed by atoms with van der Waals surface area (Å²) in [5.74, 6) is 0. The Bertz CT molecular complexity index is 149. The lowest BCUT2D eigenvalue weighted by Crippen LogP contribution is -2.41. The standard InChI is InChI=1S/C7H14F3NO2/c1-4(2)13-6(12)5(11)3-7(8,9)10/h4-6,12H,3,11H2,1-2H3. The second-order valence-corrected chi connectivity index (χ2v) is 3.06. The van der Waals surface area contributed by atoms with E-state index in [-0.39, 0.29) is 6.10 Å². The number of hydrogen-bond donors (Lipinski definition) is 2. The molecule has 0 radical (unpaired) electrons. The third-order valence-electron chi connectivity index (χ3n) is 1.25. The van der Waals surface area contributed by atoms with Gasteiger partial charge >= 0.3 is 6.18 Å². The SMILES string of the molecule is CC(C)OC(O)C(N)CC(F)(F)F. The fourth-order valence-electron chi connectivity index (χ4n) is 0.748. The molecule has 0 bridgehead atoms. The van der Waals surface area contributed by atoms with Crippen LogP contribution in [0.5, 0.6) is 0 Å². The van der Waals surface area contributed by atoms with E-state index in [1.807, 2.05) is 0 Å². The number of rotatable bonds is 4. The van der Waals surface area contributed by atoms with E-state index in [1.54, 1.807) is 13.8 Å². The highest BCUT2D eigenvalue weighted by Crippen LogP contribution is 2.22. The first-order chi connectivity index (χ1) is 5.72. The second-order valence-electron chi connectivity index (χ2n) is 3.06. The van der Waals surface area contributed by atoms with Crippen molar-refractivity contribution >= 4 is 0 Å². The molecule has 0 rings (SSSR count). The maximum atomic E-state index is 11.8. The van der Waals surface area contributed by atoms with Gasteiger partial charge in [0.15, 0.2) is 6.29 Å². The van der Waals surface area contributed by atoms with E-state index in [4.69, 9.17) is 10.8 Å². The largest absolute Gasteiger partial charge is 0.390 e. The normalized spacial score (nSPS) is 17.5. The minimum absolute atomic E-state index is 0.353. The summed E-state index contributed by atoms with van der Waals surface area (Å²) in [4.78, 5) is 0. The molecular formula is C7H14F3NO2. The Morgan fingerprint density at radius 3 is 2.15 bits per heavy atom. The summed E-state index contributed by atoms with van der Waals surface area (Å²) in [7, 11) is 0. The molecular weight excluding hydrogens is 187 g/mol. The molecule has 0 heterocycles. The van der Waals surface area contributed by atoms with E-state index in [1.165, 1.54) is 0 Å². The number of hydrogen-bond acceptors (Lipinski definition) is 3. The van der Waals surface area contributed by atoms with Gasteiger partial charge in [0.05, 0.1) is 18.6 Å². The predicted molar refractivity (Wildman–Crippen MR) is 40.9 cm³/mol. The first-order valence-corrected chi connectivity index (χ1v) is 3.88. The fourth-order valence-corrected chi connectivity index (χ4v) is 0.748. The number of aliphatic hydroxyl groups is 1. The minimum atomic E-state index is -4.37. The zero-order chi connectivity index (χ0) is 10.6. The Balaban J connectivity index is 3.89. The van der Waals surface area contributed by atoms with Crippen LogP contribution in [0.25, 0.3) is 0 Å². The highest BCUT2D eigenvalue weighted by molar-refractivity contribution is 4.69. The van der Waals surface area contributed by atoms with Crippen molar-refractivity contribution in [1.29, 1.82) is 0 Å². The number of ether oxygens (including phenoxy) is 1. The molecule has 80 valence electrons. The van der Waals surface area contributed by atoms with Crippen LogP contribution >= 0.6 is 0 Å². The van der Waals surface area contributed by atoms with E-state index in [9.17, 15) is 13.2 Å². The van der Waals surface area contributed by atoms with E-state index in [0.717, 1.165) is 0 Å². The Labute approximate surface area is 74.7 Å². The van der Waals surface area contributed by atoms with Gasteiger partial charge < -0.3 is 15.6 Å². The highest BCUT2D eigenvalue weighted by Gasteiger charge is 2.33. The zero-order valence-electron chi connectivity index (χ0n) is 7.51. The summed E-state index contributed by atoms with van der Waals surface area (Å²) in [6, 6.07) is -1.43. The van der Waals surface area contributed by atoms with Crippen LogP contribution < -0.4 is 5.73 Å². The lowest BCUT2D eigenvalue weighted by molar-refractivity contribution is -0.180. The monoisotopic (exact) mass is 201 g/mol. The van der Waals surface area contributed by atoms with Crippen LogP contribution in [0, 0.1) is 0 Å². The number of alkyl halides is 3. The van der Waals surface area contributed by atoms with Gasteiger partial charge in [-0.05, 0) is 13.8 Å². The molecule has 0 amide bonds. The molecule has 2 unspecified atom stereocenters. The van der Waals surface area contributed by atoms with E-state index in [2.05, 4.69) is 4.74 Å². The van der Waals surface area contributed by atoms with Gasteiger partial charge in [0.25, 0.3) is 0 Å². The van der Waals surface area contributed by atoms with Crippen LogP contribution in [-0.2, 0) is 4.74 Å². The van der Waals surface area contributed by atoms with Crippen molar-refractivity contribution in [2.75, 3.05) is 0 Å². The quantitative estimate of drug-likeness (QED) is 0.667. The molecule has 0 aliphatic carbocycles. The predicted octanol–water partition coefficient (Wildman–Crippen LogP) is 1.01. The molecule has 13 heavy (non-hydrogen) atoms. The highest BCUT2D eigenvalue weighted by atomic mass is 19.4. The number of aliphatic hydroxyl groups excluding tert-OH is 1. The molecule has 0 aliphatic heterocycles. The lowest BCUT2D eigenvalue weighted by atomic mass is 10.2. The maximum Gasteiger partial charge on any atom is 0.390 e. The lowest BCUT2D eigenvalue weighted by Gasteiger charge is -2.22. The molecule has 6 heteroatoms. The summed E-state index contributed by atoms with van der Waals surface area (Å²) in [5, 5.41) is 9.00. The van der Waals surface area contributed by atoms with Gasteiger partial charge in [-0.25, -0.2) is 0 Å². The van der Waals surface area contributed by atoms with Crippen LogP contribution in [0.2, 0.25) is 0 Å². The summed E-state index contributed by atoms with van der Waals surface area (Å²) in [6.07, 6.45) is -7.54. The number of halogens is 3. The van der Waals surface area contributed by atoms with E-state index in [0.29, 0.717) is 0 Å². The van der Waals surface area contributed by atoms with Crippen molar-refractivity contribution in [2.24, 2.45) is 5.73 Å². The van der Waals surface area contributed by atoms with Crippen LogP contribution in [0.3, 0.4) is 0 Å². The van der Waals surface area contributed by atoms with Gasteiger partial charge in [-0.3, -0.25) is 0 Å². The summed E-state index contributed by atoms with van der Waals surface area (Å²) >= 11 is 0. The van der Waals surface area contributed by atoms with Crippen molar-refractivity contribution in [2.45, 2.75) is 44.9 Å². The maximum absolute atomic E-state index is 11.8. The van der Waals surface area contributed by atoms with Crippen molar-refractivity contribution < 1.29 is 23.0 Å². The molecule has 0 aromatic carbocycles. The molecule has 0 spiro atoms. The van der Waals surface area contributed by atoms with Crippen LogP contribution in [0.4, 0.5) is 13.2 Å². The first kappa shape index (κ1) is 12.7. The van der Waals surface area contributed by atoms with E-state index < -0.39 is 24.9 Å². The molecule has 3 N–H and O–H groups in total. The average molecular weight is 201 g/mol. The van der Waals surface area contributed by atoms with Gasteiger partial charge in [-0.15, -0.1) is 0 Å². The molecule has 2 atom stereocenters. The molecule has 0 aromatic heterocycles. The topological polar surface area (TPSA) is 55.5 Å². The summed E-state index contributed by atoms with van der Waals surface area (Å²) in [6.45, 7) is 3.20. The van der Waals surface area contributed by atoms with Gasteiger partial charge in [0, 0.05) is 0 Å². The third kappa shape index (κ3) is 6.80. The van der Waals surface area contributed by atoms with E-state index >= 15 is 0 Å². The molecule has 0 aromatic rings. The first-order valence-electron chi connectivity index (χ1n) is 3.88. The van der Waals surface area contributed by atoms with Crippen molar-refractivity contribution in [3.05, 3.63) is 0 Å². The van der Waals surface area contributed by atoms with Crippen LogP contribution in [0.15, 0.2) is 0 Å². The van der Waals surface area contributed by atoms with Crippen molar-refractivity contribution in [3.63, 3.8) is 0 Å². The smallest absolute Gasteiger partial charge is 0.367 e. The minimum Gasteiger partial charge on any atom is -0.367 e. The fraction of sp³-hybridized carbons (Fsp3) is 1.00. The second kappa shape index (κ2) is 4.78. The zero-order valence-corrected chi connectivity index (χ0v) is 7.51. The Morgan fingerprint density at radius 1 is 1.38 bits per heavy atom. The summed E-state index contributed by atoms with van der Waals surface area (Å²) < 4.78 is 40.0. The summed E-state index contributed by atoms with van der Waals surface area (Å²) in [5.41, 5.74) is 5.06. The Morgan fingerprint density at radius 2 is 1.85 bits per heavy atom.